The highest BCUT2D eigenvalue weighted by Crippen LogP contribution is 2.34. The average molecular weight is 334 g/mol. The number of nitrogen functional groups attached to an aromatic ring is 2. The lowest BCUT2D eigenvalue weighted by atomic mass is 10.3. The van der Waals surface area contributed by atoms with E-state index in [1.807, 2.05) is 4.90 Å². The number of ether oxygens (including phenoxy) is 1. The Morgan fingerprint density at radius 1 is 1.04 bits per heavy atom. The van der Waals surface area contributed by atoms with Crippen molar-refractivity contribution in [2.45, 2.75) is 0 Å². The summed E-state index contributed by atoms with van der Waals surface area (Å²) >= 11 is 5.85. The second kappa shape index (κ2) is 6.76. The topological polar surface area (TPSA) is 115 Å². The fourth-order valence-corrected chi connectivity index (χ4v) is 2.31. The van der Waals surface area contributed by atoms with Crippen molar-refractivity contribution in [1.82, 2.24) is 9.97 Å². The summed E-state index contributed by atoms with van der Waals surface area (Å²) in [6.07, 6.45) is 0. The number of halogens is 1. The van der Waals surface area contributed by atoms with E-state index in [2.05, 4.69) is 20.2 Å². The van der Waals surface area contributed by atoms with Crippen LogP contribution in [0.5, 0.6) is 0 Å². The van der Waals surface area contributed by atoms with E-state index in [1.54, 1.807) is 24.3 Å². The molecule has 3 rings (SSSR count). The number of nitrogens with two attached hydrogens (primary N) is 2. The molecule has 9 heteroatoms. The lowest BCUT2D eigenvalue weighted by Crippen LogP contribution is -2.37. The lowest BCUT2D eigenvalue weighted by molar-refractivity contribution is 0.122. The third kappa shape index (κ3) is 3.66. The van der Waals surface area contributed by atoms with Gasteiger partial charge in [0.05, 0.1) is 18.9 Å². The molecule has 0 atom stereocenters. The molecule has 1 aliphatic rings. The van der Waals surface area contributed by atoms with Crippen molar-refractivity contribution in [3.8, 4) is 0 Å². The maximum atomic E-state index is 5.95. The SMILES string of the molecule is Nc1nc(N)c(N=Nc2ccc(Cl)cc2)c(N2CCOCC2)n1. The zero-order valence-corrected chi connectivity index (χ0v) is 13.1. The van der Waals surface area contributed by atoms with Crippen LogP contribution in [-0.4, -0.2) is 36.3 Å². The van der Waals surface area contributed by atoms with Crippen molar-refractivity contribution in [2.75, 3.05) is 42.7 Å². The maximum absolute atomic E-state index is 5.95. The summed E-state index contributed by atoms with van der Waals surface area (Å²) in [5, 5.41) is 9.02. The molecule has 1 saturated heterocycles. The van der Waals surface area contributed by atoms with Crippen molar-refractivity contribution in [3.63, 3.8) is 0 Å². The first kappa shape index (κ1) is 15.4. The maximum Gasteiger partial charge on any atom is 0.224 e. The molecule has 0 amide bonds. The summed E-state index contributed by atoms with van der Waals surface area (Å²) in [6.45, 7) is 2.58. The number of nitrogens with zero attached hydrogens (tertiary/aromatic N) is 5. The van der Waals surface area contributed by atoms with Crippen LogP contribution < -0.4 is 16.4 Å². The Kier molecular flexibility index (Phi) is 4.54. The van der Waals surface area contributed by atoms with E-state index in [0.29, 0.717) is 48.5 Å². The number of hydrogen-bond donors (Lipinski definition) is 2. The number of hydrogen-bond acceptors (Lipinski definition) is 8. The predicted octanol–water partition coefficient (Wildman–Crippen LogP) is 2.55. The van der Waals surface area contributed by atoms with Gasteiger partial charge in [0.1, 0.15) is 0 Å². The van der Waals surface area contributed by atoms with Gasteiger partial charge in [-0.1, -0.05) is 11.6 Å². The highest BCUT2D eigenvalue weighted by Gasteiger charge is 2.20. The lowest BCUT2D eigenvalue weighted by Gasteiger charge is -2.28. The number of azo groups is 1. The number of aromatic nitrogens is 2. The Hall–Kier alpha value is -2.45. The van der Waals surface area contributed by atoms with E-state index >= 15 is 0 Å². The molecule has 1 aromatic heterocycles. The third-order valence-corrected chi connectivity index (χ3v) is 3.56. The summed E-state index contributed by atoms with van der Waals surface area (Å²) in [5.41, 5.74) is 12.7. The van der Waals surface area contributed by atoms with Gasteiger partial charge in [-0.15, -0.1) is 5.11 Å². The Morgan fingerprint density at radius 3 is 2.43 bits per heavy atom. The zero-order chi connectivity index (χ0) is 16.2. The zero-order valence-electron chi connectivity index (χ0n) is 12.3. The molecule has 0 bridgehead atoms. The number of morpholine rings is 1. The van der Waals surface area contributed by atoms with Gasteiger partial charge in [-0.2, -0.15) is 15.1 Å². The normalized spacial score (nSPS) is 15.3. The molecule has 0 unspecified atom stereocenters. The molecular weight excluding hydrogens is 318 g/mol. The van der Waals surface area contributed by atoms with Gasteiger partial charge in [0.2, 0.25) is 5.95 Å². The van der Waals surface area contributed by atoms with E-state index in [1.165, 1.54) is 0 Å². The van der Waals surface area contributed by atoms with Crippen LogP contribution in [0.15, 0.2) is 34.5 Å². The first-order valence-corrected chi connectivity index (χ1v) is 7.44. The smallest absolute Gasteiger partial charge is 0.224 e. The van der Waals surface area contributed by atoms with Crippen molar-refractivity contribution in [3.05, 3.63) is 29.3 Å². The molecule has 2 heterocycles. The van der Waals surface area contributed by atoms with Gasteiger partial charge in [-0.05, 0) is 24.3 Å². The molecule has 8 nitrogen and oxygen atoms in total. The van der Waals surface area contributed by atoms with Crippen LogP contribution >= 0.6 is 11.6 Å². The van der Waals surface area contributed by atoms with Crippen molar-refractivity contribution >= 4 is 40.6 Å². The molecule has 2 aromatic rings. The summed E-state index contributed by atoms with van der Waals surface area (Å²) in [7, 11) is 0. The van der Waals surface area contributed by atoms with E-state index in [0.717, 1.165) is 0 Å². The Bertz CT molecular complexity index is 714. The van der Waals surface area contributed by atoms with Crippen LogP contribution in [0.4, 0.5) is 29.0 Å². The van der Waals surface area contributed by atoms with Crippen molar-refractivity contribution < 1.29 is 4.74 Å². The quantitative estimate of drug-likeness (QED) is 0.834. The van der Waals surface area contributed by atoms with Gasteiger partial charge < -0.3 is 21.1 Å². The van der Waals surface area contributed by atoms with E-state index in [4.69, 9.17) is 27.8 Å². The Morgan fingerprint density at radius 2 is 1.74 bits per heavy atom. The molecule has 0 spiro atoms. The minimum Gasteiger partial charge on any atom is -0.382 e. The number of anilines is 3. The largest absolute Gasteiger partial charge is 0.382 e. The van der Waals surface area contributed by atoms with E-state index in [9.17, 15) is 0 Å². The number of benzene rings is 1. The first-order valence-electron chi connectivity index (χ1n) is 7.06. The van der Waals surface area contributed by atoms with Gasteiger partial charge in [0, 0.05) is 18.1 Å². The summed E-state index contributed by atoms with van der Waals surface area (Å²) in [6, 6.07) is 6.99. The van der Waals surface area contributed by atoms with Gasteiger partial charge in [0.25, 0.3) is 0 Å². The van der Waals surface area contributed by atoms with E-state index in [-0.39, 0.29) is 11.8 Å². The van der Waals surface area contributed by atoms with Crippen LogP contribution in [-0.2, 0) is 4.74 Å². The van der Waals surface area contributed by atoms with Crippen LogP contribution in [0.25, 0.3) is 0 Å². The molecule has 0 radical (unpaired) electrons. The summed E-state index contributed by atoms with van der Waals surface area (Å²) in [4.78, 5) is 10.2. The van der Waals surface area contributed by atoms with Gasteiger partial charge >= 0.3 is 0 Å². The highest BCUT2D eigenvalue weighted by molar-refractivity contribution is 6.30. The predicted molar refractivity (Wildman–Crippen MR) is 89.5 cm³/mol. The fourth-order valence-electron chi connectivity index (χ4n) is 2.18. The summed E-state index contributed by atoms with van der Waals surface area (Å²) < 4.78 is 5.35. The first-order chi connectivity index (χ1) is 11.1. The Labute approximate surface area is 138 Å². The Balaban J connectivity index is 1.95. The van der Waals surface area contributed by atoms with Crippen molar-refractivity contribution in [1.29, 1.82) is 0 Å². The molecule has 23 heavy (non-hydrogen) atoms. The molecule has 0 saturated carbocycles. The molecule has 0 aliphatic carbocycles. The van der Waals surface area contributed by atoms with E-state index < -0.39 is 0 Å². The second-order valence-corrected chi connectivity index (χ2v) is 5.35. The minimum absolute atomic E-state index is 0.106. The molecule has 1 aliphatic heterocycles. The molecule has 1 aromatic carbocycles. The van der Waals surface area contributed by atoms with Crippen LogP contribution in [0.1, 0.15) is 0 Å². The highest BCUT2D eigenvalue weighted by atomic mass is 35.5. The molecule has 1 fully saturated rings. The van der Waals surface area contributed by atoms with Gasteiger partial charge in [-0.3, -0.25) is 0 Å². The third-order valence-electron chi connectivity index (χ3n) is 3.31. The van der Waals surface area contributed by atoms with Crippen LogP contribution in [0.2, 0.25) is 5.02 Å². The van der Waals surface area contributed by atoms with Gasteiger partial charge in [0.15, 0.2) is 17.3 Å². The molecular formula is C14H16ClN7O. The van der Waals surface area contributed by atoms with Crippen LogP contribution in [0, 0.1) is 0 Å². The average Bonchev–Trinajstić information content (AvgIpc) is 2.56. The molecule has 4 N–H and O–H groups in total. The van der Waals surface area contributed by atoms with Gasteiger partial charge in [-0.25, -0.2) is 0 Å². The molecule has 120 valence electrons. The minimum atomic E-state index is 0.106. The summed E-state index contributed by atoms with van der Waals surface area (Å²) in [5.74, 6) is 0.863. The van der Waals surface area contributed by atoms with Crippen molar-refractivity contribution in [2.24, 2.45) is 10.2 Å². The standard InChI is InChI=1S/C14H16ClN7O/c15-9-1-3-10(4-2-9)20-21-11-12(16)18-14(17)19-13(11)22-5-7-23-8-6-22/h1-4H,5-8H2,(H4,16,17,18,19). The fraction of sp³-hybridized carbons (Fsp3) is 0.286. The second-order valence-electron chi connectivity index (χ2n) is 4.92. The monoisotopic (exact) mass is 333 g/mol. The number of rotatable bonds is 3. The van der Waals surface area contributed by atoms with Crippen LogP contribution in [0.3, 0.4) is 0 Å².